The van der Waals surface area contributed by atoms with E-state index in [2.05, 4.69) is 28.0 Å². The average Bonchev–Trinajstić information content (AvgIpc) is 2.69. The fourth-order valence-electron chi connectivity index (χ4n) is 2.27. The van der Waals surface area contributed by atoms with Gasteiger partial charge in [-0.25, -0.2) is 4.39 Å². The third-order valence-corrected chi connectivity index (χ3v) is 4.44. The Hall–Kier alpha value is -1.20. The van der Waals surface area contributed by atoms with Crippen LogP contribution in [0.25, 0.3) is 0 Å². The summed E-state index contributed by atoms with van der Waals surface area (Å²) in [7, 11) is 1.92. The lowest BCUT2D eigenvalue weighted by Gasteiger charge is -2.13. The first-order chi connectivity index (χ1) is 9.43. The molecule has 0 spiro atoms. The molecule has 0 aliphatic heterocycles. The fraction of sp³-hybridized carbons (Fsp3) is 0.400. The Morgan fingerprint density at radius 2 is 2.15 bits per heavy atom. The van der Waals surface area contributed by atoms with Crippen LogP contribution >= 0.6 is 15.9 Å². The second kappa shape index (κ2) is 6.06. The summed E-state index contributed by atoms with van der Waals surface area (Å²) in [4.78, 5) is 0. The minimum atomic E-state index is -0.198. The Morgan fingerprint density at radius 3 is 2.70 bits per heavy atom. The van der Waals surface area contributed by atoms with Gasteiger partial charge in [0.05, 0.1) is 15.9 Å². The van der Waals surface area contributed by atoms with Crippen LogP contribution in [0, 0.1) is 12.7 Å². The molecule has 3 nitrogen and oxygen atoms in total. The maximum atomic E-state index is 13.3. The minimum Gasteiger partial charge on any atom is -0.324 e. The van der Waals surface area contributed by atoms with Crippen molar-refractivity contribution in [2.75, 3.05) is 0 Å². The largest absolute Gasteiger partial charge is 0.324 e. The molecular weight excluding hydrogens is 321 g/mol. The molecule has 5 heteroatoms. The second-order valence-corrected chi connectivity index (χ2v) is 5.80. The van der Waals surface area contributed by atoms with Crippen LogP contribution in [-0.2, 0) is 19.9 Å². The number of nitrogens with two attached hydrogens (primary N) is 1. The highest BCUT2D eigenvalue weighted by atomic mass is 79.9. The molecule has 0 radical (unpaired) electrons. The molecule has 1 unspecified atom stereocenters. The van der Waals surface area contributed by atoms with E-state index in [-0.39, 0.29) is 11.9 Å². The van der Waals surface area contributed by atoms with Crippen molar-refractivity contribution >= 4 is 15.9 Å². The topological polar surface area (TPSA) is 43.8 Å². The van der Waals surface area contributed by atoms with Gasteiger partial charge < -0.3 is 5.73 Å². The number of hydrogen-bond donors (Lipinski definition) is 1. The van der Waals surface area contributed by atoms with Crippen LogP contribution < -0.4 is 5.73 Å². The number of aryl methyl sites for hydroxylation is 3. The van der Waals surface area contributed by atoms with Gasteiger partial charge in [-0.2, -0.15) is 5.10 Å². The normalized spacial score (nSPS) is 12.7. The summed E-state index contributed by atoms with van der Waals surface area (Å²) in [5, 5.41) is 4.46. The molecule has 1 aromatic carbocycles. The van der Waals surface area contributed by atoms with Gasteiger partial charge in [0.1, 0.15) is 5.82 Å². The Labute approximate surface area is 127 Å². The van der Waals surface area contributed by atoms with Gasteiger partial charge in [-0.1, -0.05) is 19.1 Å². The van der Waals surface area contributed by atoms with Gasteiger partial charge in [0.15, 0.2) is 0 Å². The van der Waals surface area contributed by atoms with Gasteiger partial charge in [-0.05, 0) is 46.5 Å². The molecule has 0 amide bonds. The molecule has 1 heterocycles. The number of benzene rings is 1. The molecule has 0 aliphatic rings. The van der Waals surface area contributed by atoms with Crippen LogP contribution in [0.2, 0.25) is 0 Å². The quantitative estimate of drug-likeness (QED) is 0.927. The van der Waals surface area contributed by atoms with E-state index in [4.69, 9.17) is 5.73 Å². The highest BCUT2D eigenvalue weighted by Crippen LogP contribution is 2.26. The smallest absolute Gasteiger partial charge is 0.126 e. The van der Waals surface area contributed by atoms with E-state index in [1.807, 2.05) is 17.8 Å². The third kappa shape index (κ3) is 2.94. The van der Waals surface area contributed by atoms with Crippen LogP contribution in [0.15, 0.2) is 22.7 Å². The predicted molar refractivity (Wildman–Crippen MR) is 82.1 cm³/mol. The number of aromatic nitrogens is 2. The molecule has 20 heavy (non-hydrogen) atoms. The Kier molecular flexibility index (Phi) is 4.60. The van der Waals surface area contributed by atoms with Gasteiger partial charge >= 0.3 is 0 Å². The van der Waals surface area contributed by atoms with Crippen molar-refractivity contribution < 1.29 is 4.39 Å². The van der Waals surface area contributed by atoms with E-state index < -0.39 is 0 Å². The van der Waals surface area contributed by atoms with Crippen molar-refractivity contribution in [3.63, 3.8) is 0 Å². The Balaban J connectivity index is 2.25. The van der Waals surface area contributed by atoms with Crippen LogP contribution in [0.1, 0.15) is 35.5 Å². The summed E-state index contributed by atoms with van der Waals surface area (Å²) >= 11 is 3.59. The van der Waals surface area contributed by atoms with Gasteiger partial charge in [-0.3, -0.25) is 4.68 Å². The second-order valence-electron chi connectivity index (χ2n) is 5.00. The lowest BCUT2D eigenvalue weighted by molar-refractivity contribution is 0.610. The van der Waals surface area contributed by atoms with Gasteiger partial charge in [0.2, 0.25) is 0 Å². The first kappa shape index (κ1) is 15.2. The van der Waals surface area contributed by atoms with E-state index in [0.717, 1.165) is 27.8 Å². The summed E-state index contributed by atoms with van der Waals surface area (Å²) in [5.74, 6) is -0.198. The SMILES string of the molecule is CCc1nn(C)c(CC(N)c2ccc(F)c(C)c2)c1Br. The van der Waals surface area contributed by atoms with Crippen molar-refractivity contribution in [3.05, 3.63) is 51.0 Å². The highest BCUT2D eigenvalue weighted by Gasteiger charge is 2.17. The molecule has 0 aliphatic carbocycles. The zero-order valence-electron chi connectivity index (χ0n) is 12.0. The number of halogens is 2. The summed E-state index contributed by atoms with van der Waals surface area (Å²) in [6.45, 7) is 3.82. The van der Waals surface area contributed by atoms with Gasteiger partial charge in [0.25, 0.3) is 0 Å². The molecule has 1 aromatic heterocycles. The monoisotopic (exact) mass is 339 g/mol. The number of nitrogens with zero attached hydrogens (tertiary/aromatic N) is 2. The van der Waals surface area contributed by atoms with E-state index in [1.165, 1.54) is 6.07 Å². The summed E-state index contributed by atoms with van der Waals surface area (Å²) in [6, 6.07) is 4.86. The molecule has 0 saturated heterocycles. The first-order valence-electron chi connectivity index (χ1n) is 6.65. The number of hydrogen-bond acceptors (Lipinski definition) is 2. The summed E-state index contributed by atoms with van der Waals surface area (Å²) in [6.07, 6.45) is 1.54. The van der Waals surface area contributed by atoms with E-state index in [9.17, 15) is 4.39 Å². The molecule has 0 saturated carbocycles. The predicted octanol–water partition coefficient (Wildman–Crippen LogP) is 3.44. The van der Waals surface area contributed by atoms with Crippen molar-refractivity contribution in [1.82, 2.24) is 9.78 Å². The summed E-state index contributed by atoms with van der Waals surface area (Å²) < 4.78 is 16.2. The van der Waals surface area contributed by atoms with Crippen molar-refractivity contribution in [2.24, 2.45) is 12.8 Å². The minimum absolute atomic E-state index is 0.175. The van der Waals surface area contributed by atoms with Crippen LogP contribution in [-0.4, -0.2) is 9.78 Å². The molecule has 0 bridgehead atoms. The molecule has 1 atom stereocenters. The van der Waals surface area contributed by atoms with Gasteiger partial charge in [-0.15, -0.1) is 0 Å². The Morgan fingerprint density at radius 1 is 1.45 bits per heavy atom. The maximum Gasteiger partial charge on any atom is 0.126 e. The van der Waals surface area contributed by atoms with E-state index in [1.54, 1.807) is 13.0 Å². The van der Waals surface area contributed by atoms with Crippen LogP contribution in [0.3, 0.4) is 0 Å². The van der Waals surface area contributed by atoms with Crippen LogP contribution in [0.4, 0.5) is 4.39 Å². The average molecular weight is 340 g/mol. The summed E-state index contributed by atoms with van der Waals surface area (Å²) in [5.41, 5.74) is 9.91. The van der Waals surface area contributed by atoms with Crippen molar-refractivity contribution in [1.29, 1.82) is 0 Å². The fourth-order valence-corrected chi connectivity index (χ4v) is 3.04. The lowest BCUT2D eigenvalue weighted by Crippen LogP contribution is -2.16. The first-order valence-corrected chi connectivity index (χ1v) is 7.45. The molecule has 0 fully saturated rings. The zero-order valence-corrected chi connectivity index (χ0v) is 13.5. The molecule has 2 N–H and O–H groups in total. The third-order valence-electron chi connectivity index (χ3n) is 3.53. The maximum absolute atomic E-state index is 13.3. The lowest BCUT2D eigenvalue weighted by atomic mass is 10.0. The Bertz CT molecular complexity index is 622. The zero-order chi connectivity index (χ0) is 14.9. The van der Waals surface area contributed by atoms with Crippen molar-refractivity contribution in [3.8, 4) is 0 Å². The number of rotatable bonds is 4. The van der Waals surface area contributed by atoms with Gasteiger partial charge in [0, 0.05) is 19.5 Å². The molecule has 2 aromatic rings. The van der Waals surface area contributed by atoms with Crippen LogP contribution in [0.5, 0.6) is 0 Å². The van der Waals surface area contributed by atoms with E-state index >= 15 is 0 Å². The highest BCUT2D eigenvalue weighted by molar-refractivity contribution is 9.10. The molecule has 2 rings (SSSR count). The van der Waals surface area contributed by atoms with Crippen molar-refractivity contribution in [2.45, 2.75) is 32.7 Å². The van der Waals surface area contributed by atoms with E-state index in [0.29, 0.717) is 12.0 Å². The molecule has 108 valence electrons. The standard InChI is InChI=1S/C15H19BrFN3/c1-4-13-15(16)14(20(3)19-13)8-12(18)10-5-6-11(17)9(2)7-10/h5-7,12H,4,8,18H2,1-3H3. The molecular formula is C15H19BrFN3.